The summed E-state index contributed by atoms with van der Waals surface area (Å²) in [5.74, 6) is 0.458. The summed E-state index contributed by atoms with van der Waals surface area (Å²) >= 11 is 0. The highest BCUT2D eigenvalue weighted by molar-refractivity contribution is 5.86. The molecule has 1 rings (SSSR count). The molecule has 0 aromatic carbocycles. The lowest BCUT2D eigenvalue weighted by atomic mass is 9.79. The zero-order valence-electron chi connectivity index (χ0n) is 7.23. The van der Waals surface area contributed by atoms with Crippen LogP contribution in [-0.4, -0.2) is 5.78 Å². The van der Waals surface area contributed by atoms with E-state index in [-0.39, 0.29) is 5.41 Å². The third-order valence-corrected chi connectivity index (χ3v) is 2.86. The van der Waals surface area contributed by atoms with Crippen LogP contribution in [0.25, 0.3) is 0 Å². The smallest absolute Gasteiger partial charge is 0.139 e. The quantitative estimate of drug-likeness (QED) is 0.568. The Kier molecular flexibility index (Phi) is 2.48. The molecule has 0 aliphatic heterocycles. The predicted octanol–water partition coefficient (Wildman–Crippen LogP) is 2.71. The van der Waals surface area contributed by atoms with Gasteiger partial charge in [-0.2, -0.15) is 0 Å². The van der Waals surface area contributed by atoms with Gasteiger partial charge >= 0.3 is 0 Å². The molecule has 1 aliphatic rings. The lowest BCUT2D eigenvalue weighted by Crippen LogP contribution is -2.23. The molecule has 0 spiro atoms. The molecular weight excluding hydrogens is 136 g/mol. The number of rotatable bonds is 3. The molecule has 0 unspecified atom stereocenters. The van der Waals surface area contributed by atoms with Crippen LogP contribution in [0.1, 0.15) is 39.0 Å². The number of hydrogen-bond donors (Lipinski definition) is 0. The molecular formula is C10H16O. The molecule has 0 aromatic rings. The third kappa shape index (κ3) is 1.37. The minimum absolute atomic E-state index is 0.0122. The number of allylic oxidation sites excluding steroid dienone is 1. The molecule has 1 nitrogen and oxygen atoms in total. The first-order valence-electron chi connectivity index (χ1n) is 4.39. The minimum Gasteiger partial charge on any atom is -0.299 e. The predicted molar refractivity (Wildman–Crippen MR) is 46.4 cm³/mol. The lowest BCUT2D eigenvalue weighted by molar-refractivity contribution is -0.125. The second kappa shape index (κ2) is 3.21. The van der Waals surface area contributed by atoms with E-state index in [9.17, 15) is 4.79 Å². The van der Waals surface area contributed by atoms with Crippen molar-refractivity contribution in [1.29, 1.82) is 0 Å². The standard InChI is InChI=1S/C10H16O/c1-3-7-10(4-2)8-5-6-9(10)11/h3H,1,4-8H2,2H3/t10-/m0/s1. The molecule has 0 heterocycles. The summed E-state index contributed by atoms with van der Waals surface area (Å²) < 4.78 is 0. The van der Waals surface area contributed by atoms with Crippen molar-refractivity contribution in [3.05, 3.63) is 12.7 Å². The first-order chi connectivity index (χ1) is 5.25. The van der Waals surface area contributed by atoms with Crippen molar-refractivity contribution in [2.45, 2.75) is 39.0 Å². The van der Waals surface area contributed by atoms with Gasteiger partial charge in [0.05, 0.1) is 0 Å². The molecule has 1 heteroatoms. The maximum atomic E-state index is 11.5. The second-order valence-electron chi connectivity index (χ2n) is 3.40. The van der Waals surface area contributed by atoms with E-state index in [2.05, 4.69) is 13.5 Å². The fourth-order valence-corrected chi connectivity index (χ4v) is 2.00. The van der Waals surface area contributed by atoms with Gasteiger partial charge in [-0.3, -0.25) is 4.79 Å². The Morgan fingerprint density at radius 3 is 2.82 bits per heavy atom. The van der Waals surface area contributed by atoms with E-state index in [0.29, 0.717) is 5.78 Å². The molecule has 1 fully saturated rings. The molecule has 0 bridgehead atoms. The van der Waals surface area contributed by atoms with Crippen LogP contribution in [0, 0.1) is 5.41 Å². The van der Waals surface area contributed by atoms with E-state index in [1.54, 1.807) is 0 Å². The van der Waals surface area contributed by atoms with Crippen LogP contribution >= 0.6 is 0 Å². The Balaban J connectivity index is 2.72. The highest BCUT2D eigenvalue weighted by Gasteiger charge is 2.38. The molecule has 0 amide bonds. The summed E-state index contributed by atoms with van der Waals surface area (Å²) in [6.45, 7) is 5.80. The van der Waals surface area contributed by atoms with Crippen LogP contribution in [-0.2, 0) is 4.79 Å². The molecule has 1 aliphatic carbocycles. The Hall–Kier alpha value is -0.590. The van der Waals surface area contributed by atoms with E-state index in [4.69, 9.17) is 0 Å². The number of carbonyl (C=O) groups is 1. The number of Topliss-reactive ketones (excluding diaryl/α,β-unsaturated/α-hetero) is 1. The highest BCUT2D eigenvalue weighted by atomic mass is 16.1. The van der Waals surface area contributed by atoms with Crippen molar-refractivity contribution < 1.29 is 4.79 Å². The molecule has 11 heavy (non-hydrogen) atoms. The third-order valence-electron chi connectivity index (χ3n) is 2.86. The number of carbonyl (C=O) groups excluding carboxylic acids is 1. The summed E-state index contributed by atoms with van der Waals surface area (Å²) in [6, 6.07) is 0. The van der Waals surface area contributed by atoms with Crippen molar-refractivity contribution in [3.8, 4) is 0 Å². The lowest BCUT2D eigenvalue weighted by Gasteiger charge is -2.23. The summed E-state index contributed by atoms with van der Waals surface area (Å²) in [5, 5.41) is 0. The van der Waals surface area contributed by atoms with Gasteiger partial charge in [-0.1, -0.05) is 13.0 Å². The normalized spacial score (nSPS) is 30.8. The first kappa shape index (κ1) is 8.51. The summed E-state index contributed by atoms with van der Waals surface area (Å²) in [6.07, 6.45) is 6.70. The Labute approximate surface area is 68.5 Å². The van der Waals surface area contributed by atoms with Crippen LogP contribution in [0.3, 0.4) is 0 Å². The van der Waals surface area contributed by atoms with Crippen molar-refractivity contribution in [3.63, 3.8) is 0 Å². The molecule has 0 radical (unpaired) electrons. The summed E-state index contributed by atoms with van der Waals surface area (Å²) in [7, 11) is 0. The summed E-state index contributed by atoms with van der Waals surface area (Å²) in [4.78, 5) is 11.5. The van der Waals surface area contributed by atoms with Gasteiger partial charge in [0.25, 0.3) is 0 Å². The average molecular weight is 152 g/mol. The van der Waals surface area contributed by atoms with Gasteiger partial charge in [-0.15, -0.1) is 6.58 Å². The van der Waals surface area contributed by atoms with Crippen LogP contribution < -0.4 is 0 Å². The van der Waals surface area contributed by atoms with Crippen LogP contribution in [0.2, 0.25) is 0 Å². The van der Waals surface area contributed by atoms with E-state index in [1.165, 1.54) is 0 Å². The molecule has 0 aromatic heterocycles. The van der Waals surface area contributed by atoms with Crippen molar-refractivity contribution in [2.75, 3.05) is 0 Å². The second-order valence-corrected chi connectivity index (χ2v) is 3.40. The van der Waals surface area contributed by atoms with Gasteiger partial charge in [-0.05, 0) is 25.7 Å². The van der Waals surface area contributed by atoms with Gasteiger partial charge < -0.3 is 0 Å². The van der Waals surface area contributed by atoms with Gasteiger partial charge in [0.2, 0.25) is 0 Å². The van der Waals surface area contributed by atoms with Crippen molar-refractivity contribution >= 4 is 5.78 Å². The van der Waals surface area contributed by atoms with Gasteiger partial charge in [0.1, 0.15) is 5.78 Å². The zero-order chi connectivity index (χ0) is 8.32. The molecule has 0 saturated heterocycles. The maximum Gasteiger partial charge on any atom is 0.139 e. The van der Waals surface area contributed by atoms with E-state index < -0.39 is 0 Å². The Bertz CT molecular complexity index is 172. The van der Waals surface area contributed by atoms with Crippen molar-refractivity contribution in [2.24, 2.45) is 5.41 Å². The first-order valence-corrected chi connectivity index (χ1v) is 4.39. The van der Waals surface area contributed by atoms with Gasteiger partial charge in [0.15, 0.2) is 0 Å². The van der Waals surface area contributed by atoms with Crippen LogP contribution in [0.15, 0.2) is 12.7 Å². The van der Waals surface area contributed by atoms with Gasteiger partial charge in [0, 0.05) is 11.8 Å². The van der Waals surface area contributed by atoms with E-state index >= 15 is 0 Å². The molecule has 62 valence electrons. The van der Waals surface area contributed by atoms with E-state index in [1.807, 2.05) is 6.08 Å². The summed E-state index contributed by atoms with van der Waals surface area (Å²) in [5.41, 5.74) is -0.0122. The molecule has 0 N–H and O–H groups in total. The Morgan fingerprint density at radius 2 is 2.45 bits per heavy atom. The Morgan fingerprint density at radius 1 is 1.73 bits per heavy atom. The topological polar surface area (TPSA) is 17.1 Å². The monoisotopic (exact) mass is 152 g/mol. The minimum atomic E-state index is -0.0122. The highest BCUT2D eigenvalue weighted by Crippen LogP contribution is 2.40. The van der Waals surface area contributed by atoms with Crippen molar-refractivity contribution in [1.82, 2.24) is 0 Å². The fraction of sp³-hybridized carbons (Fsp3) is 0.700. The SMILES string of the molecule is C=CC[C@@]1(CC)CCCC1=O. The number of hydrogen-bond acceptors (Lipinski definition) is 1. The zero-order valence-corrected chi connectivity index (χ0v) is 7.23. The van der Waals surface area contributed by atoms with Crippen LogP contribution in [0.5, 0.6) is 0 Å². The van der Waals surface area contributed by atoms with Gasteiger partial charge in [-0.25, -0.2) is 0 Å². The average Bonchev–Trinajstić information content (AvgIpc) is 2.35. The molecule has 1 saturated carbocycles. The largest absolute Gasteiger partial charge is 0.299 e. The maximum absolute atomic E-state index is 11.5. The molecule has 1 atom stereocenters. The fourth-order valence-electron chi connectivity index (χ4n) is 2.00. The van der Waals surface area contributed by atoms with Crippen LogP contribution in [0.4, 0.5) is 0 Å². The van der Waals surface area contributed by atoms with E-state index in [0.717, 1.165) is 32.1 Å². The number of ketones is 1.